The van der Waals surface area contributed by atoms with Crippen LogP contribution in [-0.2, 0) is 0 Å². The van der Waals surface area contributed by atoms with Crippen molar-refractivity contribution in [3.8, 4) is 0 Å². The number of rotatable bonds is 15. The molecule has 0 amide bonds. The Morgan fingerprint density at radius 1 is 0.840 bits per heavy atom. The summed E-state index contributed by atoms with van der Waals surface area (Å²) in [6, 6.07) is 0. The number of hydrogen-bond acceptors (Lipinski definition) is 1. The molecule has 1 aliphatic carbocycles. The van der Waals surface area contributed by atoms with Crippen molar-refractivity contribution < 1.29 is 5.11 Å². The number of unbranched alkanes of at least 4 members (excludes halogenated alkanes) is 4. The fraction of sp³-hybridized carbons (Fsp3) is 1.00. The maximum absolute atomic E-state index is 11.0. The number of aliphatic hydroxyl groups excluding tert-OH is 1. The van der Waals surface area contributed by atoms with Gasteiger partial charge in [-0.2, -0.15) is 0 Å². The van der Waals surface area contributed by atoms with E-state index in [9.17, 15) is 5.11 Å². The first-order chi connectivity index (χ1) is 11.9. The molecule has 1 rings (SSSR count). The molecule has 0 aromatic heterocycles. The van der Waals surface area contributed by atoms with Crippen molar-refractivity contribution in [3.05, 3.63) is 0 Å². The molecule has 0 aromatic rings. The molecule has 2 heteroatoms. The van der Waals surface area contributed by atoms with Crippen molar-refractivity contribution in [2.24, 2.45) is 11.8 Å². The summed E-state index contributed by atoms with van der Waals surface area (Å²) in [6.07, 6.45) is 14.0. The van der Waals surface area contributed by atoms with Gasteiger partial charge in [0.25, 0.3) is 0 Å². The monoisotopic (exact) mass is 460 g/mol. The first-order valence-corrected chi connectivity index (χ1v) is 19.1. The minimum absolute atomic E-state index is 0.0437. The van der Waals surface area contributed by atoms with Gasteiger partial charge in [0.2, 0.25) is 0 Å². The molecule has 25 heavy (non-hydrogen) atoms. The van der Waals surface area contributed by atoms with E-state index < -0.39 is 18.4 Å². The molecule has 0 unspecified atom stereocenters. The summed E-state index contributed by atoms with van der Waals surface area (Å²) in [4.78, 5) is 0. The zero-order chi connectivity index (χ0) is 18.9. The summed E-state index contributed by atoms with van der Waals surface area (Å²) in [6.45, 7) is 13.9. The molecular weight excluding hydrogens is 411 g/mol. The molecular formula is C23H48OSn. The Kier molecular flexibility index (Phi) is 11.0. The van der Waals surface area contributed by atoms with Crippen molar-refractivity contribution in [2.45, 2.75) is 129 Å². The fourth-order valence-corrected chi connectivity index (χ4v) is 27.4. The first kappa shape index (κ1) is 23.8. The molecule has 1 fully saturated rings. The predicted octanol–water partition coefficient (Wildman–Crippen LogP) is 7.80. The predicted molar refractivity (Wildman–Crippen MR) is 116 cm³/mol. The molecule has 1 nitrogen and oxygen atoms in total. The average molecular weight is 459 g/mol. The summed E-state index contributed by atoms with van der Waals surface area (Å²) in [5, 5.41) is 11.0. The van der Waals surface area contributed by atoms with E-state index in [4.69, 9.17) is 0 Å². The molecule has 0 saturated heterocycles. The summed E-state index contributed by atoms with van der Waals surface area (Å²) in [5.41, 5.74) is 0. The zero-order valence-corrected chi connectivity index (χ0v) is 21.2. The van der Waals surface area contributed by atoms with E-state index in [1.54, 1.807) is 13.3 Å². The van der Waals surface area contributed by atoms with Crippen LogP contribution in [0.2, 0.25) is 16.7 Å². The number of aliphatic hydroxyl groups is 1. The van der Waals surface area contributed by atoms with E-state index in [-0.39, 0.29) is 6.10 Å². The Morgan fingerprint density at radius 2 is 1.28 bits per heavy atom. The molecule has 0 bridgehead atoms. The second kappa shape index (κ2) is 11.6. The SMILES string of the molecule is CCCC[C@]1([Sn]([CH2]CCC)([CH2]CCC)[CH2]CCC)C[C@H]1[C@H](O)C(C)C. The molecule has 0 heterocycles. The standard InChI is InChI=1S/C11H21O.3C4H9.Sn/c1-4-5-6-9-7-10(9)11(12)8(2)3;3*1-3-4-2;/h8,10-12H,4-7H2,1-3H3;3*1,3-4H2,2H3;/t10-,11-;;;;/m1..../s1. The van der Waals surface area contributed by atoms with Crippen molar-refractivity contribution in [3.63, 3.8) is 0 Å². The summed E-state index contributed by atoms with van der Waals surface area (Å²) in [7, 11) is 0. The van der Waals surface area contributed by atoms with Crippen LogP contribution in [0, 0.1) is 11.8 Å². The molecule has 150 valence electrons. The normalized spacial score (nSPS) is 24.7. The van der Waals surface area contributed by atoms with Gasteiger partial charge in [-0.3, -0.25) is 0 Å². The fourth-order valence-electron chi connectivity index (χ4n) is 5.57. The van der Waals surface area contributed by atoms with Gasteiger partial charge >= 0.3 is 164 Å². The second-order valence-electron chi connectivity index (χ2n) is 9.40. The Labute approximate surface area is 163 Å². The Morgan fingerprint density at radius 3 is 1.64 bits per heavy atom. The van der Waals surface area contributed by atoms with Crippen molar-refractivity contribution >= 4 is 18.4 Å². The Hall–Kier alpha value is 0.759. The molecule has 3 atom stereocenters. The van der Waals surface area contributed by atoms with Crippen LogP contribution in [0.4, 0.5) is 0 Å². The van der Waals surface area contributed by atoms with Crippen molar-refractivity contribution in [1.29, 1.82) is 0 Å². The van der Waals surface area contributed by atoms with E-state index in [0.29, 0.717) is 15.3 Å². The van der Waals surface area contributed by atoms with Gasteiger partial charge in [-0.15, -0.1) is 0 Å². The molecule has 1 saturated carbocycles. The van der Waals surface area contributed by atoms with Crippen LogP contribution in [-0.4, -0.2) is 29.6 Å². The molecule has 1 N–H and O–H groups in total. The van der Waals surface area contributed by atoms with E-state index in [0.717, 1.165) is 0 Å². The van der Waals surface area contributed by atoms with Crippen LogP contribution < -0.4 is 0 Å². The van der Waals surface area contributed by atoms with Gasteiger partial charge < -0.3 is 0 Å². The third-order valence-corrected chi connectivity index (χ3v) is 26.9. The third-order valence-electron chi connectivity index (χ3n) is 7.29. The second-order valence-corrected chi connectivity index (χ2v) is 23.8. The van der Waals surface area contributed by atoms with E-state index >= 15 is 0 Å². The molecule has 1 aliphatic rings. The van der Waals surface area contributed by atoms with Gasteiger partial charge in [0.05, 0.1) is 0 Å². The zero-order valence-electron chi connectivity index (χ0n) is 18.4. The van der Waals surface area contributed by atoms with Crippen molar-refractivity contribution in [2.75, 3.05) is 0 Å². The molecule has 0 radical (unpaired) electrons. The quantitative estimate of drug-likeness (QED) is 0.248. The maximum atomic E-state index is 11.0. The summed E-state index contributed by atoms with van der Waals surface area (Å²) >= 11 is -2.28. The van der Waals surface area contributed by atoms with Crippen LogP contribution in [0.3, 0.4) is 0 Å². The van der Waals surface area contributed by atoms with Crippen LogP contribution in [0.25, 0.3) is 0 Å². The van der Waals surface area contributed by atoms with Crippen LogP contribution >= 0.6 is 0 Å². The Balaban J connectivity index is 3.16. The van der Waals surface area contributed by atoms with Gasteiger partial charge in [0.1, 0.15) is 0 Å². The minimum atomic E-state index is -2.28. The van der Waals surface area contributed by atoms with Gasteiger partial charge in [-0.1, -0.05) is 0 Å². The number of hydrogen-bond donors (Lipinski definition) is 1. The van der Waals surface area contributed by atoms with E-state index in [1.165, 1.54) is 64.2 Å². The third kappa shape index (κ3) is 5.87. The molecule has 0 aliphatic heterocycles. The Bertz CT molecular complexity index is 332. The molecule has 0 spiro atoms. The summed E-state index contributed by atoms with van der Waals surface area (Å²) < 4.78 is 5.47. The molecule has 0 aromatic carbocycles. The van der Waals surface area contributed by atoms with Gasteiger partial charge in [0.15, 0.2) is 0 Å². The first-order valence-electron chi connectivity index (χ1n) is 11.6. The van der Waals surface area contributed by atoms with Gasteiger partial charge in [-0.25, -0.2) is 0 Å². The van der Waals surface area contributed by atoms with Crippen molar-refractivity contribution in [1.82, 2.24) is 0 Å². The van der Waals surface area contributed by atoms with E-state index in [2.05, 4.69) is 41.5 Å². The average Bonchev–Trinajstić information content (AvgIpc) is 3.35. The van der Waals surface area contributed by atoms with Crippen LogP contribution in [0.1, 0.15) is 106 Å². The van der Waals surface area contributed by atoms with E-state index in [1.807, 2.05) is 0 Å². The topological polar surface area (TPSA) is 20.2 Å². The summed E-state index contributed by atoms with van der Waals surface area (Å²) in [5.74, 6) is 1.08. The van der Waals surface area contributed by atoms with Gasteiger partial charge in [0, 0.05) is 0 Å². The van der Waals surface area contributed by atoms with Crippen LogP contribution in [0.5, 0.6) is 0 Å². The van der Waals surface area contributed by atoms with Crippen LogP contribution in [0.15, 0.2) is 0 Å². The van der Waals surface area contributed by atoms with Gasteiger partial charge in [-0.05, 0) is 0 Å².